The fourth-order valence-electron chi connectivity index (χ4n) is 3.44. The van der Waals surface area contributed by atoms with Crippen molar-refractivity contribution in [1.82, 2.24) is 10.2 Å². The van der Waals surface area contributed by atoms with Gasteiger partial charge in [0.15, 0.2) is 0 Å². The molecule has 2 N–H and O–H groups in total. The van der Waals surface area contributed by atoms with Crippen LogP contribution in [0.15, 0.2) is 48.5 Å². The van der Waals surface area contributed by atoms with E-state index >= 15 is 0 Å². The SMILES string of the molecule is COc1cccc(NC(=O)N2CCC(C)(C(=O)NCc3ccc(C)cc3)CC2)c1. The highest BCUT2D eigenvalue weighted by Gasteiger charge is 2.37. The van der Waals surface area contributed by atoms with Gasteiger partial charge in [0, 0.05) is 36.8 Å². The lowest BCUT2D eigenvalue weighted by atomic mass is 9.79. The second kappa shape index (κ2) is 8.99. The summed E-state index contributed by atoms with van der Waals surface area (Å²) in [6.45, 7) is 5.64. The molecule has 1 saturated heterocycles. The number of nitrogens with one attached hydrogen (secondary N) is 2. The molecule has 0 spiro atoms. The molecule has 1 aliphatic rings. The molecule has 0 radical (unpaired) electrons. The molecule has 6 heteroatoms. The molecule has 3 amide bonds. The normalized spacial score (nSPS) is 15.5. The molecule has 6 nitrogen and oxygen atoms in total. The van der Waals surface area contributed by atoms with Crippen molar-refractivity contribution in [3.63, 3.8) is 0 Å². The quantitative estimate of drug-likeness (QED) is 0.805. The Bertz CT molecular complexity index is 856. The van der Waals surface area contributed by atoms with Crippen molar-refractivity contribution in [2.45, 2.75) is 33.2 Å². The number of rotatable bonds is 5. The second-order valence-corrected chi connectivity index (χ2v) is 7.88. The summed E-state index contributed by atoms with van der Waals surface area (Å²) in [5, 5.41) is 5.95. The van der Waals surface area contributed by atoms with Crippen molar-refractivity contribution in [3.05, 3.63) is 59.7 Å². The Morgan fingerprint density at radius 3 is 2.45 bits per heavy atom. The fourth-order valence-corrected chi connectivity index (χ4v) is 3.44. The summed E-state index contributed by atoms with van der Waals surface area (Å²) >= 11 is 0. The molecular formula is C23H29N3O3. The van der Waals surface area contributed by atoms with Gasteiger partial charge in [-0.05, 0) is 37.5 Å². The van der Waals surface area contributed by atoms with Crippen LogP contribution in [0.3, 0.4) is 0 Å². The number of hydrogen-bond donors (Lipinski definition) is 2. The van der Waals surface area contributed by atoms with Crippen LogP contribution in [-0.4, -0.2) is 37.0 Å². The molecule has 0 aliphatic carbocycles. The van der Waals surface area contributed by atoms with Gasteiger partial charge in [-0.15, -0.1) is 0 Å². The number of urea groups is 1. The maximum atomic E-state index is 12.8. The molecule has 0 saturated carbocycles. The van der Waals surface area contributed by atoms with Gasteiger partial charge < -0.3 is 20.3 Å². The average Bonchev–Trinajstić information content (AvgIpc) is 2.73. The van der Waals surface area contributed by atoms with Gasteiger partial charge in [-0.2, -0.15) is 0 Å². The Morgan fingerprint density at radius 2 is 1.79 bits per heavy atom. The third-order valence-corrected chi connectivity index (χ3v) is 5.60. The third kappa shape index (κ3) is 5.28. The lowest BCUT2D eigenvalue weighted by Gasteiger charge is -2.38. The summed E-state index contributed by atoms with van der Waals surface area (Å²) in [7, 11) is 1.59. The van der Waals surface area contributed by atoms with Crippen LogP contribution in [-0.2, 0) is 11.3 Å². The van der Waals surface area contributed by atoms with E-state index in [0.717, 1.165) is 5.56 Å². The monoisotopic (exact) mass is 395 g/mol. The van der Waals surface area contributed by atoms with Crippen LogP contribution < -0.4 is 15.4 Å². The van der Waals surface area contributed by atoms with Crippen LogP contribution in [0.25, 0.3) is 0 Å². The molecule has 0 aromatic heterocycles. The minimum Gasteiger partial charge on any atom is -0.497 e. The van der Waals surface area contributed by atoms with E-state index in [9.17, 15) is 9.59 Å². The first-order valence-corrected chi connectivity index (χ1v) is 9.93. The topological polar surface area (TPSA) is 70.7 Å². The zero-order valence-corrected chi connectivity index (χ0v) is 17.3. The number of aryl methyl sites for hydroxylation is 1. The second-order valence-electron chi connectivity index (χ2n) is 7.88. The van der Waals surface area contributed by atoms with E-state index in [-0.39, 0.29) is 11.9 Å². The number of carbonyl (C=O) groups is 2. The lowest BCUT2D eigenvalue weighted by molar-refractivity contribution is -0.132. The van der Waals surface area contributed by atoms with Crippen molar-refractivity contribution in [1.29, 1.82) is 0 Å². The Labute approximate surface area is 172 Å². The van der Waals surface area contributed by atoms with Crippen LogP contribution in [0.5, 0.6) is 5.75 Å². The molecule has 2 aromatic rings. The van der Waals surface area contributed by atoms with Crippen molar-refractivity contribution < 1.29 is 14.3 Å². The Balaban J connectivity index is 1.50. The largest absolute Gasteiger partial charge is 0.497 e. The van der Waals surface area contributed by atoms with E-state index in [1.54, 1.807) is 18.1 Å². The van der Waals surface area contributed by atoms with E-state index in [4.69, 9.17) is 4.74 Å². The first-order chi connectivity index (χ1) is 13.9. The smallest absolute Gasteiger partial charge is 0.321 e. The molecular weight excluding hydrogens is 366 g/mol. The van der Waals surface area contributed by atoms with E-state index < -0.39 is 5.41 Å². The molecule has 2 aromatic carbocycles. The number of ether oxygens (including phenoxy) is 1. The highest BCUT2D eigenvalue weighted by atomic mass is 16.5. The average molecular weight is 396 g/mol. The predicted octanol–water partition coefficient (Wildman–Crippen LogP) is 3.95. The molecule has 0 unspecified atom stereocenters. The van der Waals surface area contributed by atoms with Crippen molar-refractivity contribution in [3.8, 4) is 5.75 Å². The highest BCUT2D eigenvalue weighted by molar-refractivity contribution is 5.90. The first-order valence-electron chi connectivity index (χ1n) is 9.93. The van der Waals surface area contributed by atoms with Gasteiger partial charge in [0.25, 0.3) is 0 Å². The summed E-state index contributed by atoms with van der Waals surface area (Å²) in [6.07, 6.45) is 1.27. The van der Waals surface area contributed by atoms with E-state index in [0.29, 0.717) is 43.9 Å². The highest BCUT2D eigenvalue weighted by Crippen LogP contribution is 2.31. The molecule has 29 heavy (non-hydrogen) atoms. The molecule has 0 atom stereocenters. The number of piperidine rings is 1. The standard InChI is InChI=1S/C23H29N3O3/c1-17-7-9-18(10-8-17)16-24-21(27)23(2)11-13-26(14-12-23)22(28)25-19-5-4-6-20(15-19)29-3/h4-10,15H,11-14,16H2,1-3H3,(H,24,27)(H,25,28). The summed E-state index contributed by atoms with van der Waals surface area (Å²) in [5.74, 6) is 0.741. The van der Waals surface area contributed by atoms with Gasteiger partial charge in [0.05, 0.1) is 7.11 Å². The van der Waals surface area contributed by atoms with Gasteiger partial charge in [-0.3, -0.25) is 4.79 Å². The summed E-state index contributed by atoms with van der Waals surface area (Å²) in [6, 6.07) is 15.3. The number of amides is 3. The molecule has 0 bridgehead atoms. The molecule has 1 aliphatic heterocycles. The van der Waals surface area contributed by atoms with Crippen LogP contribution in [0, 0.1) is 12.3 Å². The van der Waals surface area contributed by atoms with Crippen molar-refractivity contribution >= 4 is 17.6 Å². The number of carbonyl (C=O) groups excluding carboxylic acids is 2. The summed E-state index contributed by atoms with van der Waals surface area (Å²) in [4.78, 5) is 27.1. The minimum atomic E-state index is -0.461. The van der Waals surface area contributed by atoms with Crippen molar-refractivity contribution in [2.75, 3.05) is 25.5 Å². The van der Waals surface area contributed by atoms with Crippen LogP contribution in [0.4, 0.5) is 10.5 Å². The van der Waals surface area contributed by atoms with Crippen LogP contribution in [0.2, 0.25) is 0 Å². The van der Waals surface area contributed by atoms with E-state index in [2.05, 4.69) is 10.6 Å². The maximum absolute atomic E-state index is 12.8. The number of hydrogen-bond acceptors (Lipinski definition) is 3. The van der Waals surface area contributed by atoms with E-state index in [1.165, 1.54) is 5.56 Å². The number of anilines is 1. The van der Waals surface area contributed by atoms with Gasteiger partial charge in [-0.25, -0.2) is 4.79 Å². The van der Waals surface area contributed by atoms with Gasteiger partial charge in [0.2, 0.25) is 5.91 Å². The molecule has 1 heterocycles. The lowest BCUT2D eigenvalue weighted by Crippen LogP contribution is -2.49. The number of nitrogens with zero attached hydrogens (tertiary/aromatic N) is 1. The number of benzene rings is 2. The summed E-state index contributed by atoms with van der Waals surface area (Å²) < 4.78 is 5.19. The zero-order chi connectivity index (χ0) is 20.9. The van der Waals surface area contributed by atoms with Crippen molar-refractivity contribution in [2.24, 2.45) is 5.41 Å². The van der Waals surface area contributed by atoms with Crippen LogP contribution >= 0.6 is 0 Å². The Morgan fingerprint density at radius 1 is 1.10 bits per heavy atom. The fraction of sp³-hybridized carbons (Fsp3) is 0.391. The third-order valence-electron chi connectivity index (χ3n) is 5.60. The Kier molecular flexibility index (Phi) is 6.42. The number of methoxy groups -OCH3 is 1. The number of likely N-dealkylation sites (tertiary alicyclic amines) is 1. The van der Waals surface area contributed by atoms with Crippen LogP contribution in [0.1, 0.15) is 30.9 Å². The Hall–Kier alpha value is -3.02. The van der Waals surface area contributed by atoms with Gasteiger partial charge in [0.1, 0.15) is 5.75 Å². The van der Waals surface area contributed by atoms with E-state index in [1.807, 2.05) is 56.3 Å². The van der Waals surface area contributed by atoms with Gasteiger partial charge in [-0.1, -0.05) is 42.8 Å². The molecule has 3 rings (SSSR count). The minimum absolute atomic E-state index is 0.0472. The predicted molar refractivity (Wildman–Crippen MR) is 114 cm³/mol. The molecule has 1 fully saturated rings. The first kappa shape index (κ1) is 20.7. The molecule has 154 valence electrons. The maximum Gasteiger partial charge on any atom is 0.321 e. The van der Waals surface area contributed by atoms with Gasteiger partial charge >= 0.3 is 6.03 Å². The zero-order valence-electron chi connectivity index (χ0n) is 17.3. The summed E-state index contributed by atoms with van der Waals surface area (Å²) in [5.41, 5.74) is 2.52.